The summed E-state index contributed by atoms with van der Waals surface area (Å²) in [6, 6.07) is 11.8. The van der Waals surface area contributed by atoms with Gasteiger partial charge in [-0.05, 0) is 67.1 Å². The number of nitrogen functional groups attached to an aromatic ring is 1. The molecule has 33 heavy (non-hydrogen) atoms. The number of aryl methyl sites for hydroxylation is 1. The minimum absolute atomic E-state index is 0.518. The van der Waals surface area contributed by atoms with Crippen LogP contribution in [-0.4, -0.2) is 20.2 Å². The normalized spacial score (nSPS) is 12.2. The SMILES string of the molecule is Cc1nc(Nc2ccc3[nH]ncc3c2)nc(-c2ccc(/C=C/C(/C=C\N)=C/N)c(N)c2)c1C. The highest BCUT2D eigenvalue weighted by atomic mass is 15.1. The highest BCUT2D eigenvalue weighted by Gasteiger charge is 2.12. The Morgan fingerprint density at radius 3 is 2.64 bits per heavy atom. The number of hydrogen-bond donors (Lipinski definition) is 5. The van der Waals surface area contributed by atoms with E-state index in [1.54, 1.807) is 12.3 Å². The van der Waals surface area contributed by atoms with Crippen molar-refractivity contribution in [2.45, 2.75) is 13.8 Å². The molecule has 0 spiro atoms. The van der Waals surface area contributed by atoms with Crippen molar-refractivity contribution in [3.63, 3.8) is 0 Å². The van der Waals surface area contributed by atoms with Crippen molar-refractivity contribution in [3.8, 4) is 11.3 Å². The molecule has 0 atom stereocenters. The molecule has 0 saturated carbocycles. The second-order valence-corrected chi connectivity index (χ2v) is 7.61. The third kappa shape index (κ3) is 4.69. The third-order valence-electron chi connectivity index (χ3n) is 5.38. The summed E-state index contributed by atoms with van der Waals surface area (Å²) < 4.78 is 0. The Bertz CT molecular complexity index is 1400. The first kappa shape index (κ1) is 21.6. The van der Waals surface area contributed by atoms with Gasteiger partial charge in [0.15, 0.2) is 0 Å². The van der Waals surface area contributed by atoms with E-state index >= 15 is 0 Å². The van der Waals surface area contributed by atoms with Crippen LogP contribution in [-0.2, 0) is 0 Å². The van der Waals surface area contributed by atoms with E-state index in [1.165, 1.54) is 12.4 Å². The number of aromatic nitrogens is 4. The average Bonchev–Trinajstić information content (AvgIpc) is 3.27. The molecule has 8 heteroatoms. The zero-order chi connectivity index (χ0) is 23.4. The van der Waals surface area contributed by atoms with Gasteiger partial charge in [0, 0.05) is 34.2 Å². The molecule has 4 rings (SSSR count). The van der Waals surface area contributed by atoms with Crippen LogP contribution in [0.25, 0.3) is 28.2 Å². The summed E-state index contributed by atoms with van der Waals surface area (Å²) in [7, 11) is 0. The van der Waals surface area contributed by atoms with Gasteiger partial charge in [0.05, 0.1) is 17.4 Å². The van der Waals surface area contributed by atoms with Gasteiger partial charge in [0.25, 0.3) is 0 Å². The fourth-order valence-electron chi connectivity index (χ4n) is 3.45. The van der Waals surface area contributed by atoms with Crippen LogP contribution < -0.4 is 22.5 Å². The monoisotopic (exact) mass is 438 g/mol. The Hall–Kier alpha value is -4.59. The quantitative estimate of drug-likeness (QED) is 0.223. The van der Waals surface area contributed by atoms with Gasteiger partial charge in [0.2, 0.25) is 5.95 Å². The minimum atomic E-state index is 0.518. The van der Waals surface area contributed by atoms with E-state index in [4.69, 9.17) is 22.2 Å². The van der Waals surface area contributed by atoms with Crippen molar-refractivity contribution in [1.29, 1.82) is 0 Å². The lowest BCUT2D eigenvalue weighted by Gasteiger charge is -2.13. The molecule has 8 N–H and O–H groups in total. The van der Waals surface area contributed by atoms with E-state index in [0.717, 1.165) is 50.2 Å². The van der Waals surface area contributed by atoms with Crippen molar-refractivity contribution < 1.29 is 0 Å². The molecule has 0 radical (unpaired) electrons. The molecule has 0 unspecified atom stereocenters. The summed E-state index contributed by atoms with van der Waals surface area (Å²) >= 11 is 0. The molecule has 2 aromatic heterocycles. The van der Waals surface area contributed by atoms with E-state index in [9.17, 15) is 0 Å². The van der Waals surface area contributed by atoms with Crippen LogP contribution in [0.3, 0.4) is 0 Å². The maximum atomic E-state index is 6.34. The number of benzene rings is 2. The summed E-state index contributed by atoms with van der Waals surface area (Å²) in [5.74, 6) is 0.518. The van der Waals surface area contributed by atoms with Crippen LogP contribution in [0.2, 0.25) is 0 Å². The fraction of sp³-hybridized carbons (Fsp3) is 0.0800. The molecule has 8 nitrogen and oxygen atoms in total. The second kappa shape index (κ2) is 9.27. The van der Waals surface area contributed by atoms with Gasteiger partial charge in [-0.25, -0.2) is 9.97 Å². The highest BCUT2D eigenvalue weighted by Crippen LogP contribution is 2.29. The number of nitrogens with zero attached hydrogens (tertiary/aromatic N) is 3. The summed E-state index contributed by atoms with van der Waals surface area (Å²) in [5, 5.41) is 11.3. The minimum Gasteiger partial charge on any atom is -0.405 e. The molecule has 2 aromatic carbocycles. The van der Waals surface area contributed by atoms with Crippen LogP contribution in [0.15, 0.2) is 72.7 Å². The van der Waals surface area contributed by atoms with Gasteiger partial charge in [-0.15, -0.1) is 0 Å². The standard InChI is InChI=1S/C25H26N8/c1-15-16(2)30-25(31-21-7-8-23-20(11-21)14-29-33-23)32-24(15)19-6-5-18(22(28)12-19)4-3-17(13-27)9-10-26/h3-14H,26-28H2,1-2H3,(H,29,33)(H,30,31,32)/b4-3+,10-9-,17-13-. The van der Waals surface area contributed by atoms with Gasteiger partial charge in [0.1, 0.15) is 0 Å². The summed E-state index contributed by atoms with van der Waals surface area (Å²) in [6.45, 7) is 3.98. The van der Waals surface area contributed by atoms with Crippen LogP contribution in [0.5, 0.6) is 0 Å². The largest absolute Gasteiger partial charge is 0.405 e. The van der Waals surface area contributed by atoms with E-state index < -0.39 is 0 Å². The second-order valence-electron chi connectivity index (χ2n) is 7.61. The summed E-state index contributed by atoms with van der Waals surface area (Å²) in [5.41, 5.74) is 25.2. The van der Waals surface area contributed by atoms with Crippen molar-refractivity contribution in [2.24, 2.45) is 11.5 Å². The molecular formula is C25H26N8. The van der Waals surface area contributed by atoms with Gasteiger partial charge in [-0.2, -0.15) is 5.10 Å². The average molecular weight is 439 g/mol. The number of nitrogens with one attached hydrogen (secondary N) is 2. The number of anilines is 3. The first-order chi connectivity index (χ1) is 16.0. The first-order valence-corrected chi connectivity index (χ1v) is 10.4. The number of H-pyrrole nitrogens is 1. The van der Waals surface area contributed by atoms with Crippen molar-refractivity contribution >= 4 is 34.3 Å². The summed E-state index contributed by atoms with van der Waals surface area (Å²) in [4.78, 5) is 9.40. The Balaban J connectivity index is 1.65. The zero-order valence-corrected chi connectivity index (χ0v) is 18.5. The van der Waals surface area contributed by atoms with Gasteiger partial charge in [-0.3, -0.25) is 5.10 Å². The Morgan fingerprint density at radius 1 is 1.03 bits per heavy atom. The van der Waals surface area contributed by atoms with E-state index in [1.807, 2.05) is 62.4 Å². The first-order valence-electron chi connectivity index (χ1n) is 10.4. The van der Waals surface area contributed by atoms with Gasteiger partial charge >= 0.3 is 0 Å². The lowest BCUT2D eigenvalue weighted by atomic mass is 10.0. The number of nitrogens with two attached hydrogens (primary N) is 3. The van der Waals surface area contributed by atoms with Crippen molar-refractivity contribution in [1.82, 2.24) is 20.2 Å². The van der Waals surface area contributed by atoms with E-state index in [0.29, 0.717) is 11.6 Å². The lowest BCUT2D eigenvalue weighted by molar-refractivity contribution is 1.07. The van der Waals surface area contributed by atoms with Crippen molar-refractivity contribution in [2.75, 3.05) is 11.1 Å². The molecule has 0 aliphatic carbocycles. The lowest BCUT2D eigenvalue weighted by Crippen LogP contribution is -2.03. The molecule has 0 amide bonds. The topological polar surface area (TPSA) is 145 Å². The molecule has 0 bridgehead atoms. The molecule has 0 aliphatic rings. The Kier molecular flexibility index (Phi) is 6.08. The van der Waals surface area contributed by atoms with Crippen LogP contribution in [0.4, 0.5) is 17.3 Å². The smallest absolute Gasteiger partial charge is 0.228 e. The fourth-order valence-corrected chi connectivity index (χ4v) is 3.45. The van der Waals surface area contributed by atoms with E-state index in [-0.39, 0.29) is 0 Å². The predicted molar refractivity (Wildman–Crippen MR) is 135 cm³/mol. The molecule has 0 saturated heterocycles. The molecule has 2 heterocycles. The molecular weight excluding hydrogens is 412 g/mol. The molecule has 0 aliphatic heterocycles. The maximum Gasteiger partial charge on any atom is 0.228 e. The number of allylic oxidation sites excluding steroid dienone is 3. The van der Waals surface area contributed by atoms with Gasteiger partial charge < -0.3 is 22.5 Å². The third-order valence-corrected chi connectivity index (χ3v) is 5.38. The number of aromatic amines is 1. The zero-order valence-electron chi connectivity index (χ0n) is 18.5. The highest BCUT2D eigenvalue weighted by molar-refractivity contribution is 5.82. The number of fused-ring (bicyclic) bond motifs is 1. The van der Waals surface area contributed by atoms with Crippen LogP contribution in [0.1, 0.15) is 16.8 Å². The molecule has 0 fully saturated rings. The number of rotatable bonds is 6. The number of hydrogen-bond acceptors (Lipinski definition) is 7. The maximum absolute atomic E-state index is 6.34. The van der Waals surface area contributed by atoms with Crippen LogP contribution >= 0.6 is 0 Å². The van der Waals surface area contributed by atoms with Crippen molar-refractivity contribution in [3.05, 3.63) is 89.5 Å². The molecule has 166 valence electrons. The molecule has 4 aromatic rings. The Morgan fingerprint density at radius 2 is 1.88 bits per heavy atom. The Labute approximate surface area is 191 Å². The predicted octanol–water partition coefficient (Wildman–Crippen LogP) is 4.29. The van der Waals surface area contributed by atoms with E-state index in [2.05, 4.69) is 20.5 Å². The van der Waals surface area contributed by atoms with Gasteiger partial charge in [-0.1, -0.05) is 24.3 Å². The summed E-state index contributed by atoms with van der Waals surface area (Å²) in [6.07, 6.45) is 10.2. The van der Waals surface area contributed by atoms with Crippen LogP contribution in [0, 0.1) is 13.8 Å².